The third-order valence-corrected chi connectivity index (χ3v) is 3.21. The van der Waals surface area contributed by atoms with Crippen molar-refractivity contribution in [1.82, 2.24) is 14.8 Å². The van der Waals surface area contributed by atoms with Crippen LogP contribution in [0.2, 0.25) is 0 Å². The summed E-state index contributed by atoms with van der Waals surface area (Å²) in [6.45, 7) is 4.23. The standard InChI is InChI=1S/C12H14BrN3O/c1-8(2)7-9-11(13)12(17)16(15-9)10-5-3-4-6-14-10/h3-6,8,15H,7H2,1-2H3. The van der Waals surface area contributed by atoms with Crippen molar-refractivity contribution in [3.05, 3.63) is 44.9 Å². The highest BCUT2D eigenvalue weighted by Gasteiger charge is 2.13. The normalized spacial score (nSPS) is 11.1. The molecule has 0 aliphatic carbocycles. The molecule has 2 aromatic rings. The Hall–Kier alpha value is -1.36. The van der Waals surface area contributed by atoms with E-state index in [1.807, 2.05) is 12.1 Å². The Morgan fingerprint density at radius 2 is 2.24 bits per heavy atom. The predicted molar refractivity (Wildman–Crippen MR) is 70.4 cm³/mol. The van der Waals surface area contributed by atoms with Gasteiger partial charge in [0.25, 0.3) is 5.56 Å². The third kappa shape index (κ3) is 2.49. The van der Waals surface area contributed by atoms with Crippen LogP contribution >= 0.6 is 15.9 Å². The zero-order chi connectivity index (χ0) is 12.4. The number of nitrogens with zero attached hydrogens (tertiary/aromatic N) is 2. The first-order valence-electron chi connectivity index (χ1n) is 5.50. The average molecular weight is 296 g/mol. The Kier molecular flexibility index (Phi) is 3.47. The minimum atomic E-state index is -0.0978. The molecule has 0 aromatic carbocycles. The van der Waals surface area contributed by atoms with Gasteiger partial charge < -0.3 is 0 Å². The second kappa shape index (κ2) is 4.87. The molecule has 0 aliphatic heterocycles. The third-order valence-electron chi connectivity index (χ3n) is 2.39. The molecule has 17 heavy (non-hydrogen) atoms. The van der Waals surface area contributed by atoms with E-state index in [9.17, 15) is 4.79 Å². The Morgan fingerprint density at radius 1 is 1.47 bits per heavy atom. The predicted octanol–water partition coefficient (Wildman–Crippen LogP) is 2.52. The van der Waals surface area contributed by atoms with E-state index in [1.54, 1.807) is 12.3 Å². The van der Waals surface area contributed by atoms with E-state index in [4.69, 9.17) is 0 Å². The summed E-state index contributed by atoms with van der Waals surface area (Å²) in [5, 5.41) is 3.09. The van der Waals surface area contributed by atoms with Gasteiger partial charge in [0.05, 0.1) is 5.69 Å². The van der Waals surface area contributed by atoms with Crippen LogP contribution in [0.1, 0.15) is 19.5 Å². The van der Waals surface area contributed by atoms with Crippen LogP contribution in [0.5, 0.6) is 0 Å². The molecule has 0 saturated carbocycles. The van der Waals surface area contributed by atoms with Gasteiger partial charge in [-0.2, -0.15) is 0 Å². The SMILES string of the molecule is CC(C)Cc1[nH]n(-c2ccccn2)c(=O)c1Br. The lowest BCUT2D eigenvalue weighted by Gasteiger charge is -2.02. The van der Waals surface area contributed by atoms with Gasteiger partial charge in [-0.05, 0) is 40.4 Å². The van der Waals surface area contributed by atoms with Crippen LogP contribution < -0.4 is 5.56 Å². The van der Waals surface area contributed by atoms with Crippen LogP contribution in [-0.2, 0) is 6.42 Å². The number of hydrogen-bond donors (Lipinski definition) is 1. The topological polar surface area (TPSA) is 50.7 Å². The summed E-state index contributed by atoms with van der Waals surface area (Å²) in [5.74, 6) is 1.09. The second-order valence-corrected chi connectivity index (χ2v) is 5.12. The summed E-state index contributed by atoms with van der Waals surface area (Å²) in [5.41, 5.74) is 0.815. The fourth-order valence-corrected chi connectivity index (χ4v) is 2.08. The maximum atomic E-state index is 12.0. The van der Waals surface area contributed by atoms with Gasteiger partial charge in [0.1, 0.15) is 4.47 Å². The molecule has 0 unspecified atom stereocenters. The first-order valence-corrected chi connectivity index (χ1v) is 6.29. The fourth-order valence-electron chi connectivity index (χ4n) is 1.65. The zero-order valence-electron chi connectivity index (χ0n) is 9.77. The molecule has 0 radical (unpaired) electrons. The summed E-state index contributed by atoms with van der Waals surface area (Å²) in [7, 11) is 0. The Morgan fingerprint density at radius 3 is 2.82 bits per heavy atom. The van der Waals surface area contributed by atoms with Crippen molar-refractivity contribution >= 4 is 15.9 Å². The fraction of sp³-hybridized carbons (Fsp3) is 0.333. The van der Waals surface area contributed by atoms with E-state index in [-0.39, 0.29) is 5.56 Å². The molecule has 0 saturated heterocycles. The Bertz CT molecular complexity index is 557. The summed E-state index contributed by atoms with van der Waals surface area (Å²) in [6, 6.07) is 5.47. The molecule has 90 valence electrons. The van der Waals surface area contributed by atoms with Crippen molar-refractivity contribution in [3.8, 4) is 5.82 Å². The van der Waals surface area contributed by atoms with Crippen LogP contribution in [0.25, 0.3) is 5.82 Å². The van der Waals surface area contributed by atoms with Gasteiger partial charge in [-0.15, -0.1) is 0 Å². The number of aromatic nitrogens is 3. The van der Waals surface area contributed by atoms with Crippen molar-refractivity contribution in [2.24, 2.45) is 5.92 Å². The van der Waals surface area contributed by atoms with Gasteiger partial charge >= 0.3 is 0 Å². The molecule has 4 nitrogen and oxygen atoms in total. The van der Waals surface area contributed by atoms with E-state index < -0.39 is 0 Å². The van der Waals surface area contributed by atoms with E-state index in [0.29, 0.717) is 16.2 Å². The van der Waals surface area contributed by atoms with Gasteiger partial charge in [0, 0.05) is 6.20 Å². The van der Waals surface area contributed by atoms with Gasteiger partial charge in [-0.1, -0.05) is 19.9 Å². The van der Waals surface area contributed by atoms with E-state index in [2.05, 4.69) is 39.9 Å². The Labute approximate surface area is 108 Å². The number of H-pyrrole nitrogens is 1. The monoisotopic (exact) mass is 295 g/mol. The molecular weight excluding hydrogens is 282 g/mol. The first-order chi connectivity index (χ1) is 8.09. The smallest absolute Gasteiger partial charge is 0.287 e. The van der Waals surface area contributed by atoms with Crippen LogP contribution in [0.4, 0.5) is 0 Å². The van der Waals surface area contributed by atoms with Crippen LogP contribution in [0, 0.1) is 5.92 Å². The molecule has 0 amide bonds. The van der Waals surface area contributed by atoms with E-state index in [1.165, 1.54) is 4.68 Å². The van der Waals surface area contributed by atoms with Crippen molar-refractivity contribution in [2.75, 3.05) is 0 Å². The number of rotatable bonds is 3. The quantitative estimate of drug-likeness (QED) is 0.946. The van der Waals surface area contributed by atoms with Gasteiger partial charge in [-0.3, -0.25) is 9.89 Å². The summed E-state index contributed by atoms with van der Waals surface area (Å²) >= 11 is 3.33. The molecule has 1 N–H and O–H groups in total. The van der Waals surface area contributed by atoms with Gasteiger partial charge in [0.15, 0.2) is 5.82 Å². The lowest BCUT2D eigenvalue weighted by molar-refractivity contribution is 0.625. The zero-order valence-corrected chi connectivity index (χ0v) is 11.4. The molecule has 0 atom stereocenters. The molecule has 2 rings (SSSR count). The molecule has 2 heterocycles. The molecule has 0 aliphatic rings. The minimum Gasteiger partial charge on any atom is -0.292 e. The maximum Gasteiger partial charge on any atom is 0.287 e. The van der Waals surface area contributed by atoms with Crippen LogP contribution in [0.3, 0.4) is 0 Å². The summed E-state index contributed by atoms with van der Waals surface area (Å²) in [6.07, 6.45) is 2.49. The van der Waals surface area contributed by atoms with Gasteiger partial charge in [-0.25, -0.2) is 9.67 Å². The van der Waals surface area contributed by atoms with Crippen molar-refractivity contribution in [3.63, 3.8) is 0 Å². The lowest BCUT2D eigenvalue weighted by atomic mass is 10.1. The number of nitrogens with one attached hydrogen (secondary N) is 1. The van der Waals surface area contributed by atoms with Crippen molar-refractivity contribution < 1.29 is 0 Å². The van der Waals surface area contributed by atoms with E-state index in [0.717, 1.165) is 12.1 Å². The summed E-state index contributed by atoms with van der Waals surface area (Å²) < 4.78 is 2.05. The molecule has 0 fully saturated rings. The highest BCUT2D eigenvalue weighted by molar-refractivity contribution is 9.10. The lowest BCUT2D eigenvalue weighted by Crippen LogP contribution is -2.15. The summed E-state index contributed by atoms with van der Waals surface area (Å²) in [4.78, 5) is 16.2. The highest BCUT2D eigenvalue weighted by atomic mass is 79.9. The van der Waals surface area contributed by atoms with E-state index >= 15 is 0 Å². The number of aromatic amines is 1. The number of halogens is 1. The molecule has 5 heteroatoms. The average Bonchev–Trinajstić information content (AvgIpc) is 2.58. The molecular formula is C12H14BrN3O. The second-order valence-electron chi connectivity index (χ2n) is 4.33. The maximum absolute atomic E-state index is 12.0. The first kappa shape index (κ1) is 12.1. The largest absolute Gasteiger partial charge is 0.292 e. The van der Waals surface area contributed by atoms with Crippen LogP contribution in [0.15, 0.2) is 33.7 Å². The van der Waals surface area contributed by atoms with Crippen molar-refractivity contribution in [2.45, 2.75) is 20.3 Å². The highest BCUT2D eigenvalue weighted by Crippen LogP contribution is 2.15. The van der Waals surface area contributed by atoms with Crippen molar-refractivity contribution in [1.29, 1.82) is 0 Å². The number of pyridine rings is 1. The molecule has 2 aromatic heterocycles. The molecule has 0 spiro atoms. The molecule has 0 bridgehead atoms. The Balaban J connectivity index is 2.47. The van der Waals surface area contributed by atoms with Gasteiger partial charge in [0.2, 0.25) is 0 Å². The minimum absolute atomic E-state index is 0.0978. The number of hydrogen-bond acceptors (Lipinski definition) is 2. The van der Waals surface area contributed by atoms with Crippen LogP contribution in [-0.4, -0.2) is 14.8 Å².